The minimum absolute atomic E-state index is 0.574. The molecular formula is C48H30N4O. The van der Waals surface area contributed by atoms with Gasteiger partial charge in [0.05, 0.1) is 5.52 Å². The topological polar surface area (TPSA) is 64.7 Å². The number of fused-ring (bicyclic) bond motifs is 4. The van der Waals surface area contributed by atoms with Crippen LogP contribution in [0.4, 0.5) is 0 Å². The average Bonchev–Trinajstić information content (AvgIpc) is 3.61. The first-order valence-corrected chi connectivity index (χ1v) is 17.6. The van der Waals surface area contributed by atoms with E-state index in [4.69, 9.17) is 24.4 Å². The molecule has 0 radical (unpaired) electrons. The Morgan fingerprint density at radius 3 is 1.40 bits per heavy atom. The van der Waals surface area contributed by atoms with Crippen molar-refractivity contribution in [2.75, 3.05) is 0 Å². The molecule has 0 spiro atoms. The zero-order chi connectivity index (χ0) is 35.1. The predicted octanol–water partition coefficient (Wildman–Crippen LogP) is 12.3. The van der Waals surface area contributed by atoms with Crippen molar-refractivity contribution in [1.29, 1.82) is 0 Å². The Kier molecular flexibility index (Phi) is 7.40. The van der Waals surface area contributed by atoms with Crippen molar-refractivity contribution in [2.24, 2.45) is 0 Å². The van der Waals surface area contributed by atoms with Gasteiger partial charge < -0.3 is 4.42 Å². The van der Waals surface area contributed by atoms with Crippen LogP contribution in [0.2, 0.25) is 0 Å². The molecule has 5 heteroatoms. The molecule has 248 valence electrons. The highest BCUT2D eigenvalue weighted by Crippen LogP contribution is 2.43. The summed E-state index contributed by atoms with van der Waals surface area (Å²) in [6, 6.07) is 62.2. The van der Waals surface area contributed by atoms with Gasteiger partial charge in [0.25, 0.3) is 0 Å². The number of hydrogen-bond acceptors (Lipinski definition) is 5. The van der Waals surface area contributed by atoms with Gasteiger partial charge >= 0.3 is 0 Å². The van der Waals surface area contributed by atoms with Crippen molar-refractivity contribution < 1.29 is 4.42 Å². The van der Waals surface area contributed by atoms with E-state index in [1.807, 2.05) is 48.5 Å². The average molecular weight is 679 g/mol. The number of aromatic nitrogens is 4. The van der Waals surface area contributed by atoms with Gasteiger partial charge in [-0.05, 0) is 46.0 Å². The summed E-state index contributed by atoms with van der Waals surface area (Å²) < 4.78 is 6.60. The number of benzene rings is 7. The summed E-state index contributed by atoms with van der Waals surface area (Å²) in [6.07, 6.45) is 0. The second-order valence-corrected chi connectivity index (χ2v) is 13.0. The summed E-state index contributed by atoms with van der Waals surface area (Å²) in [6.45, 7) is 0. The zero-order valence-corrected chi connectivity index (χ0v) is 28.5. The number of rotatable bonds is 6. The smallest absolute Gasteiger partial charge is 0.164 e. The van der Waals surface area contributed by atoms with Crippen molar-refractivity contribution in [3.8, 4) is 67.5 Å². The van der Waals surface area contributed by atoms with E-state index in [9.17, 15) is 0 Å². The predicted molar refractivity (Wildman–Crippen MR) is 215 cm³/mol. The summed E-state index contributed by atoms with van der Waals surface area (Å²) in [5, 5.41) is 1.98. The Hall–Kier alpha value is -7.24. The number of pyridine rings is 1. The van der Waals surface area contributed by atoms with Gasteiger partial charge in [0.2, 0.25) is 0 Å². The highest BCUT2D eigenvalue weighted by molar-refractivity contribution is 6.16. The van der Waals surface area contributed by atoms with Gasteiger partial charge in [0.15, 0.2) is 23.1 Å². The highest BCUT2D eigenvalue weighted by atomic mass is 16.3. The highest BCUT2D eigenvalue weighted by Gasteiger charge is 2.22. The van der Waals surface area contributed by atoms with E-state index in [-0.39, 0.29) is 0 Å². The lowest BCUT2D eigenvalue weighted by molar-refractivity contribution is 0.670. The molecule has 0 aliphatic rings. The van der Waals surface area contributed by atoms with Crippen molar-refractivity contribution in [3.05, 3.63) is 182 Å². The van der Waals surface area contributed by atoms with E-state index < -0.39 is 0 Å². The SMILES string of the molecule is c1ccc(-c2ccc(-c3nc(-c4ccc(-c5ccccc5)cc4)nc(-c4ccccc4-c4c5ccccc5nc5c4oc4ccccc45)n3)cc2)cc1. The van der Waals surface area contributed by atoms with Crippen LogP contribution < -0.4 is 0 Å². The van der Waals surface area contributed by atoms with E-state index >= 15 is 0 Å². The van der Waals surface area contributed by atoms with Crippen LogP contribution in [0.3, 0.4) is 0 Å². The monoisotopic (exact) mass is 678 g/mol. The van der Waals surface area contributed by atoms with Crippen LogP contribution in [-0.4, -0.2) is 19.9 Å². The van der Waals surface area contributed by atoms with E-state index in [1.165, 1.54) is 0 Å². The Balaban J connectivity index is 1.18. The van der Waals surface area contributed by atoms with E-state index in [0.717, 1.165) is 83.0 Å². The molecule has 10 aromatic rings. The molecule has 10 rings (SSSR count). The van der Waals surface area contributed by atoms with E-state index in [2.05, 4.69) is 133 Å². The molecule has 0 aliphatic heterocycles. The van der Waals surface area contributed by atoms with Gasteiger partial charge in [-0.3, -0.25) is 0 Å². The Morgan fingerprint density at radius 2 is 0.774 bits per heavy atom. The normalized spacial score (nSPS) is 11.4. The largest absolute Gasteiger partial charge is 0.454 e. The van der Waals surface area contributed by atoms with Crippen molar-refractivity contribution in [3.63, 3.8) is 0 Å². The van der Waals surface area contributed by atoms with Crippen LogP contribution in [0.15, 0.2) is 186 Å². The van der Waals surface area contributed by atoms with Gasteiger partial charge in [0, 0.05) is 33.0 Å². The maximum atomic E-state index is 6.60. The lowest BCUT2D eigenvalue weighted by Crippen LogP contribution is -2.01. The third-order valence-corrected chi connectivity index (χ3v) is 9.78. The molecule has 0 saturated heterocycles. The van der Waals surface area contributed by atoms with Gasteiger partial charge in [-0.25, -0.2) is 19.9 Å². The standard InChI is InChI=1S/C48H30N4O/c1-3-13-31(14-4-1)33-23-27-35(28-24-33)46-50-47(36-29-25-34(26-30-36)32-15-5-2-6-16-32)52-48(51-46)38-18-8-7-17-37(38)43-39-19-9-11-21-41(39)49-44-40-20-10-12-22-42(40)53-45(43)44/h1-30H. The molecule has 53 heavy (non-hydrogen) atoms. The number of nitrogens with zero attached hydrogens (tertiary/aromatic N) is 4. The van der Waals surface area contributed by atoms with Crippen molar-refractivity contribution >= 4 is 33.0 Å². The summed E-state index contributed by atoms with van der Waals surface area (Å²) in [5.41, 5.74) is 12.4. The number of furan rings is 1. The van der Waals surface area contributed by atoms with Gasteiger partial charge in [-0.2, -0.15) is 0 Å². The van der Waals surface area contributed by atoms with Crippen LogP contribution in [0.25, 0.3) is 101 Å². The van der Waals surface area contributed by atoms with Crippen LogP contribution in [0.5, 0.6) is 0 Å². The molecule has 0 fully saturated rings. The molecule has 3 heterocycles. The first-order valence-electron chi connectivity index (χ1n) is 17.6. The maximum Gasteiger partial charge on any atom is 0.164 e. The van der Waals surface area contributed by atoms with E-state index in [1.54, 1.807) is 0 Å². The Bertz CT molecular complexity index is 2820. The summed E-state index contributed by atoms with van der Waals surface area (Å²) in [7, 11) is 0. The van der Waals surface area contributed by atoms with E-state index in [0.29, 0.717) is 17.5 Å². The zero-order valence-electron chi connectivity index (χ0n) is 28.5. The molecule has 0 N–H and O–H groups in total. The van der Waals surface area contributed by atoms with Crippen LogP contribution >= 0.6 is 0 Å². The third-order valence-electron chi connectivity index (χ3n) is 9.78. The van der Waals surface area contributed by atoms with Crippen molar-refractivity contribution in [2.45, 2.75) is 0 Å². The number of para-hydroxylation sites is 2. The van der Waals surface area contributed by atoms with Crippen LogP contribution in [0, 0.1) is 0 Å². The lowest BCUT2D eigenvalue weighted by atomic mass is 9.95. The molecule has 0 unspecified atom stereocenters. The van der Waals surface area contributed by atoms with Crippen LogP contribution in [0.1, 0.15) is 0 Å². The molecule has 5 nitrogen and oxygen atoms in total. The second-order valence-electron chi connectivity index (χ2n) is 13.0. The van der Waals surface area contributed by atoms with Crippen molar-refractivity contribution in [1.82, 2.24) is 19.9 Å². The Labute approximate surface area is 305 Å². The molecule has 0 amide bonds. The molecule has 0 aliphatic carbocycles. The quantitative estimate of drug-likeness (QED) is 0.175. The summed E-state index contributed by atoms with van der Waals surface area (Å²) >= 11 is 0. The maximum absolute atomic E-state index is 6.60. The molecule has 0 atom stereocenters. The van der Waals surface area contributed by atoms with Crippen LogP contribution in [-0.2, 0) is 0 Å². The third kappa shape index (κ3) is 5.52. The summed E-state index contributed by atoms with van der Waals surface area (Å²) in [5.74, 6) is 1.77. The fraction of sp³-hybridized carbons (Fsp3) is 0. The van der Waals surface area contributed by atoms with Gasteiger partial charge in [-0.15, -0.1) is 0 Å². The number of hydrogen-bond donors (Lipinski definition) is 0. The Morgan fingerprint density at radius 1 is 0.321 bits per heavy atom. The first kappa shape index (κ1) is 30.6. The molecule has 0 saturated carbocycles. The summed E-state index contributed by atoms with van der Waals surface area (Å²) in [4.78, 5) is 20.5. The van der Waals surface area contributed by atoms with Gasteiger partial charge in [0.1, 0.15) is 11.1 Å². The minimum atomic E-state index is 0.574. The molecule has 7 aromatic carbocycles. The molecule has 3 aromatic heterocycles. The molecular weight excluding hydrogens is 649 g/mol. The fourth-order valence-corrected chi connectivity index (χ4v) is 7.14. The second kappa shape index (κ2) is 12.8. The lowest BCUT2D eigenvalue weighted by Gasteiger charge is -2.14. The first-order chi connectivity index (χ1) is 26.3. The van der Waals surface area contributed by atoms with Gasteiger partial charge in [-0.1, -0.05) is 164 Å². The molecule has 0 bridgehead atoms. The minimum Gasteiger partial charge on any atom is -0.454 e. The fourth-order valence-electron chi connectivity index (χ4n) is 7.14.